The molecule has 0 N–H and O–H groups in total. The quantitative estimate of drug-likeness (QED) is 0.577. The van der Waals surface area contributed by atoms with Gasteiger partial charge in [-0.3, -0.25) is 0 Å². The van der Waals surface area contributed by atoms with Gasteiger partial charge in [0.25, 0.3) is 0 Å². The molecule has 0 aliphatic rings. The lowest BCUT2D eigenvalue weighted by atomic mass is 10.1. The number of ether oxygens (including phenoxy) is 1. The molecule has 0 saturated heterocycles. The van der Waals surface area contributed by atoms with Gasteiger partial charge in [-0.15, -0.1) is 24.8 Å². The number of rotatable bonds is 2. The lowest BCUT2D eigenvalue weighted by Gasteiger charge is -2.14. The first-order valence-electron chi connectivity index (χ1n) is 4.15. The molecule has 0 spiro atoms. The van der Waals surface area contributed by atoms with E-state index < -0.39 is 29.7 Å². The van der Waals surface area contributed by atoms with Crippen molar-refractivity contribution in [1.29, 1.82) is 0 Å². The van der Waals surface area contributed by atoms with Crippen LogP contribution in [-0.2, 0) is 12.1 Å². The van der Waals surface area contributed by atoms with Crippen molar-refractivity contribution in [3.05, 3.63) is 29.3 Å². The van der Waals surface area contributed by atoms with Crippen LogP contribution in [0, 0.1) is 0 Å². The predicted octanol–water partition coefficient (Wildman–Crippen LogP) is 4.34. The topological polar surface area (TPSA) is 9.23 Å². The Labute approximate surface area is 96.9 Å². The van der Waals surface area contributed by atoms with Gasteiger partial charge < -0.3 is 4.74 Å². The minimum Gasteiger partial charge on any atom is -0.406 e. The predicted molar refractivity (Wildman–Crippen MR) is 47.7 cm³/mol. The molecule has 0 aromatic heterocycles. The molecule has 0 atom stereocenters. The van der Waals surface area contributed by atoms with Crippen LogP contribution < -0.4 is 4.74 Å². The van der Waals surface area contributed by atoms with Crippen molar-refractivity contribution < 1.29 is 31.1 Å². The number of alkyl halides is 7. The Morgan fingerprint density at radius 2 is 1.65 bits per heavy atom. The first kappa shape index (κ1) is 14.0. The molecule has 0 aliphatic heterocycles. The number of hydrogen-bond acceptors (Lipinski definition) is 1. The maximum atomic E-state index is 12.5. The zero-order valence-electron chi connectivity index (χ0n) is 7.99. The van der Waals surface area contributed by atoms with E-state index >= 15 is 0 Å². The van der Waals surface area contributed by atoms with Gasteiger partial charge in [-0.2, -0.15) is 13.2 Å². The van der Waals surface area contributed by atoms with Gasteiger partial charge in [-0.25, -0.2) is 0 Å². The van der Waals surface area contributed by atoms with Crippen LogP contribution in [0.25, 0.3) is 0 Å². The second-order valence-corrected chi connectivity index (χ2v) is 3.27. The van der Waals surface area contributed by atoms with Crippen LogP contribution in [0.15, 0.2) is 18.2 Å². The second-order valence-electron chi connectivity index (χ2n) is 3.00. The Morgan fingerprint density at radius 1 is 1.06 bits per heavy atom. The van der Waals surface area contributed by atoms with Crippen molar-refractivity contribution in [1.82, 2.24) is 0 Å². The summed E-state index contributed by atoms with van der Waals surface area (Å²) in [6.45, 7) is 0. The highest BCUT2D eigenvalue weighted by atomic mass is 35.5. The number of hydrogen-bond donors (Lipinski definition) is 0. The molecule has 0 aliphatic carbocycles. The fraction of sp³-hybridized carbons (Fsp3) is 0.333. The van der Waals surface area contributed by atoms with Gasteiger partial charge in [-0.05, 0) is 17.7 Å². The maximum absolute atomic E-state index is 12.5. The molecule has 0 amide bonds. The molecule has 0 saturated carbocycles. The van der Waals surface area contributed by atoms with E-state index in [0.717, 1.165) is 12.1 Å². The summed E-state index contributed by atoms with van der Waals surface area (Å²) >= 11 is 5.26. The van der Waals surface area contributed by atoms with Crippen molar-refractivity contribution in [3.63, 3.8) is 0 Å². The Hall–Kier alpha value is -1.11. The van der Waals surface area contributed by atoms with Crippen LogP contribution in [0.1, 0.15) is 11.1 Å². The van der Waals surface area contributed by atoms with Crippen LogP contribution in [0.2, 0.25) is 0 Å². The average Bonchev–Trinajstić information content (AvgIpc) is 2.13. The van der Waals surface area contributed by atoms with Crippen LogP contribution in [0.5, 0.6) is 5.75 Å². The first-order chi connectivity index (χ1) is 7.63. The van der Waals surface area contributed by atoms with Gasteiger partial charge in [0.2, 0.25) is 0 Å². The minimum absolute atomic E-state index is 0.269. The Balaban J connectivity index is 3.14. The molecule has 0 radical (unpaired) electrons. The van der Waals surface area contributed by atoms with Crippen molar-refractivity contribution in [2.75, 3.05) is 0 Å². The SMILES string of the molecule is FC(F)(F)Oc1ccc(CCl)c(C(F)(F)F)c1. The molecule has 8 heteroatoms. The summed E-state index contributed by atoms with van der Waals surface area (Å²) in [4.78, 5) is 0. The number of benzene rings is 1. The second kappa shape index (κ2) is 4.64. The lowest BCUT2D eigenvalue weighted by molar-refractivity contribution is -0.274. The summed E-state index contributed by atoms with van der Waals surface area (Å²) in [7, 11) is 0. The van der Waals surface area contributed by atoms with Gasteiger partial charge in [0.05, 0.1) is 5.56 Å². The molecule has 0 unspecified atom stereocenters. The molecule has 1 nitrogen and oxygen atoms in total. The smallest absolute Gasteiger partial charge is 0.406 e. The van der Waals surface area contributed by atoms with Crippen LogP contribution in [-0.4, -0.2) is 6.36 Å². The molecule has 1 rings (SSSR count). The monoisotopic (exact) mass is 278 g/mol. The molecular weight excluding hydrogens is 274 g/mol. The van der Waals surface area contributed by atoms with E-state index in [2.05, 4.69) is 4.74 Å². The summed E-state index contributed by atoms with van der Waals surface area (Å²) in [5.74, 6) is -1.39. The number of halogens is 7. The molecular formula is C9H5ClF6O. The summed E-state index contributed by atoms with van der Waals surface area (Å²) in [6.07, 6.45) is -9.82. The highest BCUT2D eigenvalue weighted by molar-refractivity contribution is 6.17. The van der Waals surface area contributed by atoms with E-state index in [9.17, 15) is 26.3 Å². The van der Waals surface area contributed by atoms with Gasteiger partial charge in [0.15, 0.2) is 0 Å². The highest BCUT2D eigenvalue weighted by Crippen LogP contribution is 2.36. The Kier molecular flexibility index (Phi) is 3.81. The van der Waals surface area contributed by atoms with Crippen molar-refractivity contribution in [3.8, 4) is 5.75 Å². The van der Waals surface area contributed by atoms with Gasteiger partial charge in [-0.1, -0.05) is 6.07 Å². The summed E-state index contributed by atoms with van der Waals surface area (Å²) in [5, 5.41) is 0. The standard InChI is InChI=1S/C9H5ClF6O/c10-4-5-1-2-6(17-9(14,15)16)3-7(5)8(11,12)13/h1-3H,4H2. The third-order valence-corrected chi connectivity index (χ3v) is 2.05. The fourth-order valence-electron chi connectivity index (χ4n) is 1.13. The average molecular weight is 279 g/mol. The van der Waals surface area contributed by atoms with Gasteiger partial charge in [0.1, 0.15) is 5.75 Å². The van der Waals surface area contributed by atoms with Crippen LogP contribution in [0.3, 0.4) is 0 Å². The van der Waals surface area contributed by atoms with Crippen LogP contribution in [0.4, 0.5) is 26.3 Å². The van der Waals surface area contributed by atoms with Gasteiger partial charge >= 0.3 is 12.5 Å². The summed E-state index contributed by atoms with van der Waals surface area (Å²) < 4.78 is 76.2. The largest absolute Gasteiger partial charge is 0.573 e. The lowest BCUT2D eigenvalue weighted by Crippen LogP contribution is -2.18. The normalized spacial score (nSPS) is 12.6. The fourth-order valence-corrected chi connectivity index (χ4v) is 1.37. The third-order valence-electron chi connectivity index (χ3n) is 1.76. The van der Waals surface area contributed by atoms with E-state index in [-0.39, 0.29) is 11.6 Å². The van der Waals surface area contributed by atoms with E-state index in [4.69, 9.17) is 11.6 Å². The molecule has 96 valence electrons. The van der Waals surface area contributed by atoms with E-state index in [0.29, 0.717) is 0 Å². The molecule has 17 heavy (non-hydrogen) atoms. The molecule has 1 aromatic rings. The van der Waals surface area contributed by atoms with Crippen LogP contribution >= 0.6 is 11.6 Å². The van der Waals surface area contributed by atoms with Crippen molar-refractivity contribution in [2.45, 2.75) is 18.4 Å². The summed E-state index contributed by atoms with van der Waals surface area (Å²) in [6, 6.07) is 1.89. The molecule has 1 aromatic carbocycles. The van der Waals surface area contributed by atoms with E-state index in [1.807, 2.05) is 0 Å². The van der Waals surface area contributed by atoms with Crippen molar-refractivity contribution >= 4 is 11.6 Å². The Bertz CT molecular complexity index is 397. The summed E-state index contributed by atoms with van der Waals surface area (Å²) in [5.41, 5.74) is -1.55. The zero-order chi connectivity index (χ0) is 13.3. The molecule has 0 fully saturated rings. The molecule has 0 heterocycles. The van der Waals surface area contributed by atoms with Crippen molar-refractivity contribution in [2.24, 2.45) is 0 Å². The highest BCUT2D eigenvalue weighted by Gasteiger charge is 2.36. The van der Waals surface area contributed by atoms with Gasteiger partial charge in [0, 0.05) is 5.88 Å². The first-order valence-corrected chi connectivity index (χ1v) is 4.69. The minimum atomic E-state index is -5.04. The van der Waals surface area contributed by atoms with E-state index in [1.54, 1.807) is 0 Å². The Morgan fingerprint density at radius 3 is 2.06 bits per heavy atom. The molecule has 0 bridgehead atoms. The maximum Gasteiger partial charge on any atom is 0.573 e. The van der Waals surface area contributed by atoms with E-state index in [1.165, 1.54) is 0 Å². The third kappa shape index (κ3) is 3.99. The zero-order valence-corrected chi connectivity index (χ0v) is 8.75.